The van der Waals surface area contributed by atoms with Crippen molar-refractivity contribution in [3.63, 3.8) is 0 Å². The average Bonchev–Trinajstić information content (AvgIpc) is 3.12. The molecule has 4 rings (SSSR count). The topological polar surface area (TPSA) is 75.0 Å². The van der Waals surface area contributed by atoms with Crippen molar-refractivity contribution in [1.82, 2.24) is 9.78 Å². The first-order valence-corrected chi connectivity index (χ1v) is 10.00. The van der Waals surface area contributed by atoms with Gasteiger partial charge in [-0.05, 0) is 49.9 Å². The molecule has 0 bridgehead atoms. The number of hydrogen-bond acceptors (Lipinski definition) is 4. The Morgan fingerprint density at radius 3 is 2.42 bits per heavy atom. The van der Waals surface area contributed by atoms with E-state index in [1.54, 1.807) is 0 Å². The molecule has 0 unspecified atom stereocenters. The summed E-state index contributed by atoms with van der Waals surface area (Å²) in [5.74, 6) is -3.53. The fourth-order valence-electron chi connectivity index (χ4n) is 3.90. The molecule has 166 valence electrons. The molecule has 0 amide bonds. The van der Waals surface area contributed by atoms with Gasteiger partial charge in [-0.1, -0.05) is 23.7 Å². The van der Waals surface area contributed by atoms with Crippen LogP contribution in [0.5, 0.6) is 0 Å². The third-order valence-electron chi connectivity index (χ3n) is 5.37. The van der Waals surface area contributed by atoms with Gasteiger partial charge in [0.05, 0.1) is 33.5 Å². The van der Waals surface area contributed by atoms with Gasteiger partial charge in [0.25, 0.3) is 5.91 Å². The molecule has 0 fully saturated rings. The third-order valence-corrected chi connectivity index (χ3v) is 5.68. The molecule has 0 saturated carbocycles. The van der Waals surface area contributed by atoms with E-state index >= 15 is 0 Å². The summed E-state index contributed by atoms with van der Waals surface area (Å²) in [5.41, 5.74) is -1.37. The normalized spacial score (nSPS) is 13.2. The van der Waals surface area contributed by atoms with Gasteiger partial charge < -0.3 is 9.90 Å². The summed E-state index contributed by atoms with van der Waals surface area (Å²) in [4.78, 5) is 24.2. The zero-order valence-corrected chi connectivity index (χ0v) is 20.1. The second kappa shape index (κ2) is 9.58. The van der Waals surface area contributed by atoms with Crippen LogP contribution in [0.2, 0.25) is 5.02 Å². The molecule has 0 N–H and O–H groups in total. The summed E-state index contributed by atoms with van der Waals surface area (Å²) in [5, 5.41) is 14.8. The number of aromatic nitrogens is 2. The number of nitrogens with zero attached hydrogens (tertiary/aromatic N) is 2. The molecule has 0 saturated heterocycles. The molecule has 5 nitrogen and oxygen atoms in total. The average molecular weight is 489 g/mol. The van der Waals surface area contributed by atoms with Crippen LogP contribution in [0, 0.1) is 5.82 Å². The molecule has 1 heterocycles. The summed E-state index contributed by atoms with van der Waals surface area (Å²) in [6.45, 7) is 0. The Morgan fingerprint density at radius 2 is 1.79 bits per heavy atom. The zero-order chi connectivity index (χ0) is 23.2. The summed E-state index contributed by atoms with van der Waals surface area (Å²) in [7, 11) is 0. The van der Waals surface area contributed by atoms with E-state index in [4.69, 9.17) is 11.6 Å². The monoisotopic (exact) mass is 488 g/mol. The van der Waals surface area contributed by atoms with Crippen LogP contribution in [0.3, 0.4) is 0 Å². The van der Waals surface area contributed by atoms with Crippen molar-refractivity contribution in [2.75, 3.05) is 0 Å². The number of carbonyl (C=O) groups excluding carboxylic acids is 2. The molecule has 0 radical (unpaired) electrons. The van der Waals surface area contributed by atoms with Crippen molar-refractivity contribution in [2.24, 2.45) is 0 Å². The van der Waals surface area contributed by atoms with Gasteiger partial charge in [0.2, 0.25) is 0 Å². The number of benzene rings is 2. The third kappa shape index (κ3) is 4.73. The minimum Gasteiger partial charge on any atom is -0.545 e. The molecule has 11 heteroatoms. The van der Waals surface area contributed by atoms with Gasteiger partial charge in [0.15, 0.2) is 0 Å². The Hall–Kier alpha value is -2.20. The van der Waals surface area contributed by atoms with Gasteiger partial charge in [0.1, 0.15) is 5.82 Å². The van der Waals surface area contributed by atoms with Gasteiger partial charge in [-0.3, -0.25) is 4.79 Å². The fraction of sp³-hybridized carbons (Fsp3) is 0.227. The number of halogens is 5. The summed E-state index contributed by atoms with van der Waals surface area (Å²) in [6, 6.07) is 6.15. The van der Waals surface area contributed by atoms with E-state index in [-0.39, 0.29) is 51.4 Å². The van der Waals surface area contributed by atoms with Gasteiger partial charge in [0, 0.05) is 16.7 Å². The second-order valence-electron chi connectivity index (χ2n) is 7.34. The first-order chi connectivity index (χ1) is 15.1. The fourth-order valence-corrected chi connectivity index (χ4v) is 4.16. The first kappa shape index (κ1) is 25.4. The number of fused-ring (bicyclic) bond motifs is 1. The van der Waals surface area contributed by atoms with Crippen LogP contribution in [0.25, 0.3) is 11.3 Å². The molecular formula is C22H14ClF4N2NaO3. The van der Waals surface area contributed by atoms with Crippen molar-refractivity contribution in [1.29, 1.82) is 0 Å². The Kier molecular flexibility index (Phi) is 7.38. The van der Waals surface area contributed by atoms with E-state index in [1.165, 1.54) is 12.1 Å². The van der Waals surface area contributed by atoms with Gasteiger partial charge in [-0.25, -0.2) is 4.39 Å². The standard InChI is InChI=1S/C22H15ClF4N2O3.Na/c23-15-6-3-5-14(22(25,26)27)18(15)20(30)29-17-7-2-1-4-13(17)19(28-29)12-9-8-11(21(31)32)10-16(12)24;/h3,5-6,8-10H,1-2,4,7H2,(H,31,32);/q;+1/p-1. The van der Waals surface area contributed by atoms with Gasteiger partial charge >= 0.3 is 35.7 Å². The molecule has 3 aromatic rings. The molecule has 0 aliphatic heterocycles. The molecule has 1 aliphatic rings. The number of aromatic carboxylic acids is 1. The molecule has 0 atom stereocenters. The van der Waals surface area contributed by atoms with Crippen LogP contribution in [0.15, 0.2) is 36.4 Å². The van der Waals surface area contributed by atoms with Crippen molar-refractivity contribution in [2.45, 2.75) is 31.9 Å². The van der Waals surface area contributed by atoms with Crippen LogP contribution in [0.1, 0.15) is 50.4 Å². The van der Waals surface area contributed by atoms with Crippen molar-refractivity contribution in [3.8, 4) is 11.3 Å². The Bertz CT molecular complexity index is 1260. The molecule has 33 heavy (non-hydrogen) atoms. The van der Waals surface area contributed by atoms with Crippen LogP contribution in [0.4, 0.5) is 17.6 Å². The summed E-state index contributed by atoms with van der Waals surface area (Å²) in [6.07, 6.45) is -2.63. The maximum atomic E-state index is 14.7. The van der Waals surface area contributed by atoms with Crippen LogP contribution >= 0.6 is 11.6 Å². The predicted octanol–water partition coefficient (Wildman–Crippen LogP) is 1.30. The van der Waals surface area contributed by atoms with Gasteiger partial charge in [-0.2, -0.15) is 23.0 Å². The van der Waals surface area contributed by atoms with Crippen LogP contribution in [-0.4, -0.2) is 21.7 Å². The Balaban J connectivity index is 0.00000306. The molecular weight excluding hydrogens is 475 g/mol. The zero-order valence-electron chi connectivity index (χ0n) is 17.3. The molecule has 0 spiro atoms. The van der Waals surface area contributed by atoms with Crippen molar-refractivity contribution in [3.05, 3.63) is 75.2 Å². The summed E-state index contributed by atoms with van der Waals surface area (Å²) >= 11 is 5.98. The van der Waals surface area contributed by atoms with E-state index in [9.17, 15) is 32.3 Å². The number of carbonyl (C=O) groups is 2. The predicted molar refractivity (Wildman–Crippen MR) is 105 cm³/mol. The number of carboxylic acids is 1. The van der Waals surface area contributed by atoms with E-state index in [0.717, 1.165) is 35.4 Å². The maximum Gasteiger partial charge on any atom is 1.00 e. The number of alkyl halides is 3. The van der Waals surface area contributed by atoms with E-state index < -0.39 is 35.0 Å². The Morgan fingerprint density at radius 1 is 1.09 bits per heavy atom. The van der Waals surface area contributed by atoms with Crippen molar-refractivity contribution >= 4 is 23.5 Å². The van der Waals surface area contributed by atoms with Gasteiger partial charge in [-0.15, -0.1) is 0 Å². The smallest absolute Gasteiger partial charge is 0.545 e. The van der Waals surface area contributed by atoms with E-state index in [2.05, 4.69) is 5.10 Å². The number of carboxylic acid groups (broad SMARTS) is 1. The van der Waals surface area contributed by atoms with Crippen LogP contribution in [-0.2, 0) is 19.0 Å². The molecule has 1 aliphatic carbocycles. The molecule has 2 aromatic carbocycles. The van der Waals surface area contributed by atoms with E-state index in [1.807, 2.05) is 0 Å². The Labute approximate surface area is 212 Å². The number of rotatable bonds is 3. The minimum absolute atomic E-state index is 0. The quantitative estimate of drug-likeness (QED) is 0.411. The van der Waals surface area contributed by atoms with Crippen molar-refractivity contribution < 1.29 is 61.8 Å². The number of hydrogen-bond donors (Lipinski definition) is 0. The maximum absolute atomic E-state index is 14.7. The van der Waals surface area contributed by atoms with Crippen LogP contribution < -0.4 is 34.7 Å². The minimum atomic E-state index is -4.82. The SMILES string of the molecule is O=C([O-])c1ccc(-c2nn(C(=O)c3c(Cl)cccc3C(F)(F)F)c3c2CCCC3)c(F)c1.[Na+]. The second-order valence-corrected chi connectivity index (χ2v) is 7.75. The summed E-state index contributed by atoms with van der Waals surface area (Å²) < 4.78 is 56.1. The molecule has 1 aromatic heterocycles. The van der Waals surface area contributed by atoms with E-state index in [0.29, 0.717) is 30.5 Å². The largest absolute Gasteiger partial charge is 1.00 e. The first-order valence-electron chi connectivity index (χ1n) is 9.62.